The molecule has 1 aliphatic heterocycles. The third kappa shape index (κ3) is 9.51. The minimum atomic E-state index is -4.65. The molecule has 10 heteroatoms. The second kappa shape index (κ2) is 13.5. The van der Waals surface area contributed by atoms with Crippen LogP contribution in [0.5, 0.6) is 17.2 Å². The quantitative estimate of drug-likeness (QED) is 0.251. The molecule has 1 saturated heterocycles. The van der Waals surface area contributed by atoms with Crippen LogP contribution in [-0.4, -0.2) is 30.0 Å². The number of unbranched alkanes of at least 4 members (excludes halogenated alkanes) is 1. The van der Waals surface area contributed by atoms with Crippen LogP contribution in [0.25, 0.3) is 0 Å². The zero-order valence-electron chi connectivity index (χ0n) is 20.2. The van der Waals surface area contributed by atoms with E-state index >= 15 is 0 Å². The molecule has 0 aliphatic carbocycles. The van der Waals surface area contributed by atoms with Gasteiger partial charge in [-0.3, -0.25) is 0 Å². The van der Waals surface area contributed by atoms with Gasteiger partial charge in [0.1, 0.15) is 28.4 Å². The van der Waals surface area contributed by atoms with Gasteiger partial charge in [-0.2, -0.15) is 26.3 Å². The summed E-state index contributed by atoms with van der Waals surface area (Å²) in [4.78, 5) is 0. The fourth-order valence-corrected chi connectivity index (χ4v) is 3.14. The van der Waals surface area contributed by atoms with E-state index in [1.165, 1.54) is 25.8 Å². The smallest absolute Gasteiger partial charge is 0.420 e. The van der Waals surface area contributed by atoms with Gasteiger partial charge in [0.2, 0.25) is 0 Å². The molecule has 2 aromatic carbocycles. The Balaban J connectivity index is 0.000000298. The average molecular weight is 511 g/mol. The molecule has 1 heterocycles. The number of halogens is 6. The molecule has 2 N–H and O–H groups in total. The van der Waals surface area contributed by atoms with Crippen molar-refractivity contribution in [2.24, 2.45) is 0 Å². The van der Waals surface area contributed by atoms with Crippen molar-refractivity contribution in [2.45, 2.75) is 65.7 Å². The van der Waals surface area contributed by atoms with Crippen LogP contribution in [0.1, 0.15) is 60.4 Å². The Morgan fingerprint density at radius 2 is 1.34 bits per heavy atom. The Bertz CT molecular complexity index is 927. The lowest BCUT2D eigenvalue weighted by Crippen LogP contribution is -2.12. The van der Waals surface area contributed by atoms with Crippen molar-refractivity contribution in [2.75, 3.05) is 19.8 Å². The van der Waals surface area contributed by atoms with Gasteiger partial charge >= 0.3 is 12.4 Å². The van der Waals surface area contributed by atoms with Gasteiger partial charge < -0.3 is 19.7 Å². The van der Waals surface area contributed by atoms with E-state index in [2.05, 4.69) is 0 Å². The first kappa shape index (κ1) is 30.4. The fraction of sp³-hybridized carbons (Fsp3) is 0.520. The third-order valence-corrected chi connectivity index (χ3v) is 5.26. The second-order valence-corrected chi connectivity index (χ2v) is 8.00. The molecule has 0 spiro atoms. The first-order valence-electron chi connectivity index (χ1n) is 11.2. The maximum absolute atomic E-state index is 12.9. The highest BCUT2D eigenvalue weighted by atomic mass is 19.4. The molecule has 0 aromatic heterocycles. The van der Waals surface area contributed by atoms with Gasteiger partial charge in [0.25, 0.3) is 0 Å². The zero-order valence-corrected chi connectivity index (χ0v) is 20.2. The van der Waals surface area contributed by atoms with Crippen LogP contribution in [0.2, 0.25) is 0 Å². The number of aromatic hydroxyl groups is 2. The zero-order chi connectivity index (χ0) is 26.8. The number of phenols is 2. The normalized spacial score (nSPS) is 13.4. The first-order chi connectivity index (χ1) is 16.2. The van der Waals surface area contributed by atoms with Crippen molar-refractivity contribution in [3.05, 3.63) is 52.1 Å². The molecule has 1 fully saturated rings. The van der Waals surface area contributed by atoms with E-state index in [0.717, 1.165) is 45.1 Å². The Hall–Kier alpha value is -2.62. The maximum atomic E-state index is 12.9. The summed E-state index contributed by atoms with van der Waals surface area (Å²) in [7, 11) is 0. The number of aryl methyl sites for hydroxylation is 1. The summed E-state index contributed by atoms with van der Waals surface area (Å²) in [6.45, 7) is 8.53. The lowest BCUT2D eigenvalue weighted by molar-refractivity contribution is -0.140. The lowest BCUT2D eigenvalue weighted by atomic mass is 10.0. The SMILES string of the molecule is C1CCOC1.CCCCOc1ccc(C)c(C)c1C(F)(F)F.Cc1c(O)ccc(O)c1C(F)(F)F. The van der Waals surface area contributed by atoms with Crippen molar-refractivity contribution < 1.29 is 46.0 Å². The summed E-state index contributed by atoms with van der Waals surface area (Å²) < 4.78 is 85.6. The van der Waals surface area contributed by atoms with E-state index < -0.39 is 35.0 Å². The van der Waals surface area contributed by atoms with Crippen LogP contribution in [0.15, 0.2) is 24.3 Å². The van der Waals surface area contributed by atoms with Crippen molar-refractivity contribution in [1.82, 2.24) is 0 Å². The highest BCUT2D eigenvalue weighted by Crippen LogP contribution is 2.41. The van der Waals surface area contributed by atoms with Gasteiger partial charge in [-0.25, -0.2) is 0 Å². The molecule has 0 radical (unpaired) electrons. The van der Waals surface area contributed by atoms with E-state index in [-0.39, 0.29) is 16.9 Å². The number of rotatable bonds is 4. The molecule has 198 valence electrons. The van der Waals surface area contributed by atoms with Crippen LogP contribution in [0.3, 0.4) is 0 Å². The molecule has 3 rings (SSSR count). The summed E-state index contributed by atoms with van der Waals surface area (Å²) >= 11 is 0. The van der Waals surface area contributed by atoms with Crippen LogP contribution >= 0.6 is 0 Å². The van der Waals surface area contributed by atoms with Crippen LogP contribution in [-0.2, 0) is 17.1 Å². The van der Waals surface area contributed by atoms with Gasteiger partial charge in [-0.05, 0) is 69.4 Å². The van der Waals surface area contributed by atoms with Gasteiger partial charge in [-0.1, -0.05) is 19.4 Å². The average Bonchev–Trinajstić information content (AvgIpc) is 3.33. The van der Waals surface area contributed by atoms with E-state index in [4.69, 9.17) is 19.7 Å². The van der Waals surface area contributed by atoms with E-state index in [0.29, 0.717) is 12.2 Å². The largest absolute Gasteiger partial charge is 0.508 e. The van der Waals surface area contributed by atoms with Crippen LogP contribution in [0.4, 0.5) is 26.3 Å². The topological polar surface area (TPSA) is 58.9 Å². The van der Waals surface area contributed by atoms with E-state index in [1.807, 2.05) is 6.92 Å². The Morgan fingerprint density at radius 1 is 0.800 bits per heavy atom. The third-order valence-electron chi connectivity index (χ3n) is 5.26. The minimum absolute atomic E-state index is 0.0611. The first-order valence-corrected chi connectivity index (χ1v) is 11.2. The molecule has 4 nitrogen and oxygen atoms in total. The lowest BCUT2D eigenvalue weighted by Gasteiger charge is -2.17. The summed E-state index contributed by atoms with van der Waals surface area (Å²) in [6, 6.07) is 4.89. The predicted molar refractivity (Wildman–Crippen MR) is 121 cm³/mol. The Kier molecular flexibility index (Phi) is 11.7. The Labute approximate surface area is 201 Å². The molecule has 0 amide bonds. The molecule has 0 atom stereocenters. The molecule has 35 heavy (non-hydrogen) atoms. The van der Waals surface area contributed by atoms with Gasteiger partial charge in [0.15, 0.2) is 0 Å². The molecule has 0 saturated carbocycles. The molecule has 1 aliphatic rings. The summed E-state index contributed by atoms with van der Waals surface area (Å²) in [5.41, 5.74) is -1.33. The monoisotopic (exact) mass is 510 g/mol. The second-order valence-electron chi connectivity index (χ2n) is 8.00. The minimum Gasteiger partial charge on any atom is -0.508 e. The van der Waals surface area contributed by atoms with Crippen molar-refractivity contribution in [3.8, 4) is 17.2 Å². The number of ether oxygens (including phenoxy) is 2. The number of alkyl halides is 6. The number of phenolic OH excluding ortho intramolecular Hbond substituents is 2. The Morgan fingerprint density at radius 3 is 1.77 bits per heavy atom. The molecule has 2 aromatic rings. The fourth-order valence-electron chi connectivity index (χ4n) is 3.14. The summed E-state index contributed by atoms with van der Waals surface area (Å²) in [5, 5.41) is 17.9. The van der Waals surface area contributed by atoms with E-state index in [1.54, 1.807) is 13.0 Å². The van der Waals surface area contributed by atoms with Crippen molar-refractivity contribution in [3.63, 3.8) is 0 Å². The van der Waals surface area contributed by atoms with E-state index in [9.17, 15) is 26.3 Å². The van der Waals surface area contributed by atoms with Crippen LogP contribution in [0, 0.1) is 20.8 Å². The highest BCUT2D eigenvalue weighted by molar-refractivity contribution is 5.48. The van der Waals surface area contributed by atoms with Gasteiger partial charge in [-0.15, -0.1) is 0 Å². The van der Waals surface area contributed by atoms with Gasteiger partial charge in [0.05, 0.1) is 6.61 Å². The molecule has 0 unspecified atom stereocenters. The van der Waals surface area contributed by atoms with Crippen LogP contribution < -0.4 is 4.74 Å². The number of hydrogen-bond donors (Lipinski definition) is 2. The highest BCUT2D eigenvalue weighted by Gasteiger charge is 2.37. The van der Waals surface area contributed by atoms with Gasteiger partial charge in [0, 0.05) is 18.8 Å². The van der Waals surface area contributed by atoms with Crippen molar-refractivity contribution in [1.29, 1.82) is 0 Å². The molecular formula is C25H32F6O4. The predicted octanol–water partition coefficient (Wildman–Crippen LogP) is 7.72. The molecular weight excluding hydrogens is 478 g/mol. The summed E-state index contributed by atoms with van der Waals surface area (Å²) in [5.74, 6) is -1.41. The standard InChI is InChI=1S/C13H17F3O.C8H7F3O2.C4H8O/c1-4-5-8-17-11-7-6-9(2)10(3)12(11)13(14,15)16;1-4-5(12)2-3-6(13)7(4)8(9,10)11;1-2-4-5-3-1/h6-7H,4-5,8H2,1-3H3;2-3,12-13H,1H3;1-4H2. The van der Waals surface area contributed by atoms with Crippen molar-refractivity contribution >= 4 is 0 Å². The number of benzene rings is 2. The maximum Gasteiger partial charge on any atom is 0.420 e. The summed E-state index contributed by atoms with van der Waals surface area (Å²) in [6.07, 6.45) is -4.80. The molecule has 0 bridgehead atoms. The number of hydrogen-bond acceptors (Lipinski definition) is 4.